The molecule has 1 atom stereocenters. The highest BCUT2D eigenvalue weighted by Crippen LogP contribution is 2.18. The summed E-state index contributed by atoms with van der Waals surface area (Å²) in [6.07, 6.45) is 3.69. The predicted molar refractivity (Wildman–Crippen MR) is 105 cm³/mol. The minimum absolute atomic E-state index is 0. The van der Waals surface area contributed by atoms with Crippen LogP contribution >= 0.6 is 12.4 Å². The topological polar surface area (TPSA) is 84.7 Å². The zero-order valence-electron chi connectivity index (χ0n) is 15.4. The summed E-state index contributed by atoms with van der Waals surface area (Å²) in [7, 11) is 0. The van der Waals surface area contributed by atoms with Crippen molar-refractivity contribution >= 4 is 24.2 Å². The highest BCUT2D eigenvalue weighted by atomic mass is 35.5. The predicted octanol–water partition coefficient (Wildman–Crippen LogP) is 2.03. The van der Waals surface area contributed by atoms with E-state index in [1.54, 1.807) is 0 Å². The fraction of sp³-hybridized carbons (Fsp3) is 0.579. The van der Waals surface area contributed by atoms with Crippen LogP contribution in [0.25, 0.3) is 0 Å². The number of hydrogen-bond acceptors (Lipinski definition) is 4. The van der Waals surface area contributed by atoms with Crippen LogP contribution < -0.4 is 15.8 Å². The molecule has 6 nitrogen and oxygen atoms in total. The molecule has 1 aliphatic rings. The summed E-state index contributed by atoms with van der Waals surface area (Å²) < 4.78 is 5.68. The van der Waals surface area contributed by atoms with Gasteiger partial charge in [-0.25, -0.2) is 0 Å². The van der Waals surface area contributed by atoms with Crippen molar-refractivity contribution in [2.75, 3.05) is 26.2 Å². The first kappa shape index (κ1) is 22.3. The van der Waals surface area contributed by atoms with Crippen molar-refractivity contribution in [3.63, 3.8) is 0 Å². The second-order valence-corrected chi connectivity index (χ2v) is 6.49. The number of piperidine rings is 1. The molecule has 1 aromatic rings. The van der Waals surface area contributed by atoms with Gasteiger partial charge < -0.3 is 20.7 Å². The maximum atomic E-state index is 12.5. The van der Waals surface area contributed by atoms with Crippen LogP contribution in [-0.4, -0.2) is 49.0 Å². The molecule has 7 heteroatoms. The number of benzene rings is 1. The number of halogens is 1. The van der Waals surface area contributed by atoms with Crippen LogP contribution in [0.15, 0.2) is 24.3 Å². The number of likely N-dealkylation sites (tertiary alicyclic amines) is 1. The third-order valence-electron chi connectivity index (χ3n) is 4.43. The lowest BCUT2D eigenvalue weighted by atomic mass is 10.0. The molecule has 1 unspecified atom stereocenters. The van der Waals surface area contributed by atoms with Crippen LogP contribution in [0, 0.1) is 6.92 Å². The van der Waals surface area contributed by atoms with Gasteiger partial charge in [-0.05, 0) is 43.9 Å². The van der Waals surface area contributed by atoms with Crippen LogP contribution in [0.1, 0.15) is 37.7 Å². The Kier molecular flexibility index (Phi) is 10.1. The van der Waals surface area contributed by atoms with Crippen molar-refractivity contribution in [3.05, 3.63) is 29.8 Å². The summed E-state index contributed by atoms with van der Waals surface area (Å²) in [6, 6.07) is 7.88. The highest BCUT2D eigenvalue weighted by Gasteiger charge is 2.26. The lowest BCUT2D eigenvalue weighted by Crippen LogP contribution is -2.49. The second-order valence-electron chi connectivity index (χ2n) is 6.49. The first-order valence-electron chi connectivity index (χ1n) is 9.06. The number of nitrogens with zero attached hydrogens (tertiary/aromatic N) is 1. The van der Waals surface area contributed by atoms with Gasteiger partial charge in [0.2, 0.25) is 11.8 Å². The SMILES string of the molecule is Cc1cccc(OCCC(=O)N2CCCCC2CNC(=O)CCN)c1.Cl. The molecule has 1 aliphatic heterocycles. The summed E-state index contributed by atoms with van der Waals surface area (Å²) in [6.45, 7) is 3.97. The molecule has 0 saturated carbocycles. The van der Waals surface area contributed by atoms with Crippen LogP contribution in [0.4, 0.5) is 0 Å². The molecule has 0 radical (unpaired) electrons. The van der Waals surface area contributed by atoms with Crippen LogP contribution in [0.3, 0.4) is 0 Å². The fourth-order valence-corrected chi connectivity index (χ4v) is 3.10. The van der Waals surface area contributed by atoms with Crippen LogP contribution in [0.2, 0.25) is 0 Å². The Hall–Kier alpha value is -1.79. The molecule has 0 aliphatic carbocycles. The molecule has 2 rings (SSSR count). The Morgan fingerprint density at radius 2 is 2.12 bits per heavy atom. The number of ether oxygens (including phenoxy) is 1. The summed E-state index contributed by atoms with van der Waals surface area (Å²) in [4.78, 5) is 26.0. The number of carbonyl (C=O) groups is 2. The van der Waals surface area contributed by atoms with E-state index in [0.29, 0.717) is 32.5 Å². The molecular formula is C19H30ClN3O3. The standard InChI is InChI=1S/C19H29N3O3.ClH/c1-15-5-4-7-17(13-15)25-12-9-19(24)22-11-3-2-6-16(22)14-21-18(23)8-10-20;/h4-5,7,13,16H,2-3,6,8-12,14,20H2,1H3,(H,21,23);1H. The zero-order valence-corrected chi connectivity index (χ0v) is 16.2. The van der Waals surface area contributed by atoms with Gasteiger partial charge in [-0.1, -0.05) is 12.1 Å². The smallest absolute Gasteiger partial charge is 0.226 e. The minimum Gasteiger partial charge on any atom is -0.493 e. The average Bonchev–Trinajstić information content (AvgIpc) is 2.60. The Balaban J connectivity index is 0.00000338. The maximum Gasteiger partial charge on any atom is 0.226 e. The lowest BCUT2D eigenvalue weighted by molar-refractivity contribution is -0.136. The number of carbonyl (C=O) groups excluding carboxylic acids is 2. The molecule has 0 bridgehead atoms. The van der Waals surface area contributed by atoms with Gasteiger partial charge >= 0.3 is 0 Å². The average molecular weight is 384 g/mol. The first-order chi connectivity index (χ1) is 12.1. The van der Waals surface area contributed by atoms with Crippen molar-refractivity contribution in [3.8, 4) is 5.75 Å². The summed E-state index contributed by atoms with van der Waals surface area (Å²) in [5, 5.41) is 2.88. The van der Waals surface area contributed by atoms with Gasteiger partial charge in [-0.15, -0.1) is 12.4 Å². The normalized spacial score (nSPS) is 16.5. The number of nitrogens with one attached hydrogen (secondary N) is 1. The summed E-state index contributed by atoms with van der Waals surface area (Å²) in [5.41, 5.74) is 6.52. The molecule has 2 amide bonds. The van der Waals surface area contributed by atoms with E-state index < -0.39 is 0 Å². The lowest BCUT2D eigenvalue weighted by Gasteiger charge is -2.36. The number of rotatable bonds is 8. The Morgan fingerprint density at radius 1 is 1.31 bits per heavy atom. The van der Waals surface area contributed by atoms with Crippen LogP contribution in [0.5, 0.6) is 5.75 Å². The van der Waals surface area contributed by atoms with Gasteiger partial charge in [0.25, 0.3) is 0 Å². The minimum atomic E-state index is -0.0525. The van der Waals surface area contributed by atoms with Crippen molar-refractivity contribution in [2.24, 2.45) is 5.73 Å². The van der Waals surface area contributed by atoms with Crippen LogP contribution in [-0.2, 0) is 9.59 Å². The quantitative estimate of drug-likeness (QED) is 0.719. The molecule has 26 heavy (non-hydrogen) atoms. The maximum absolute atomic E-state index is 12.5. The molecule has 1 fully saturated rings. The number of aryl methyl sites for hydroxylation is 1. The summed E-state index contributed by atoms with van der Waals surface area (Å²) in [5.74, 6) is 0.825. The molecule has 1 saturated heterocycles. The van der Waals surface area contributed by atoms with Gasteiger partial charge in [0.15, 0.2) is 0 Å². The Bertz CT molecular complexity index is 583. The monoisotopic (exact) mass is 383 g/mol. The molecule has 0 aromatic heterocycles. The third-order valence-corrected chi connectivity index (χ3v) is 4.43. The molecular weight excluding hydrogens is 354 g/mol. The van der Waals surface area contributed by atoms with E-state index in [2.05, 4.69) is 5.32 Å². The zero-order chi connectivity index (χ0) is 18.1. The number of hydrogen-bond donors (Lipinski definition) is 2. The first-order valence-corrected chi connectivity index (χ1v) is 9.06. The van der Waals surface area contributed by atoms with Gasteiger partial charge in [0.05, 0.1) is 13.0 Å². The highest BCUT2D eigenvalue weighted by molar-refractivity contribution is 5.85. The van der Waals surface area contributed by atoms with E-state index >= 15 is 0 Å². The second kappa shape index (κ2) is 11.8. The largest absolute Gasteiger partial charge is 0.493 e. The van der Waals surface area contributed by atoms with Gasteiger partial charge in [-0.3, -0.25) is 9.59 Å². The Morgan fingerprint density at radius 3 is 2.85 bits per heavy atom. The van der Waals surface area contributed by atoms with E-state index in [-0.39, 0.29) is 30.3 Å². The number of amides is 2. The molecule has 0 spiro atoms. The fourth-order valence-electron chi connectivity index (χ4n) is 3.10. The third kappa shape index (κ3) is 7.22. The van der Waals surface area contributed by atoms with Gasteiger partial charge in [0, 0.05) is 32.1 Å². The van der Waals surface area contributed by atoms with Crippen molar-refractivity contribution in [2.45, 2.75) is 45.1 Å². The van der Waals surface area contributed by atoms with Crippen molar-refractivity contribution in [1.29, 1.82) is 0 Å². The molecule has 146 valence electrons. The van der Waals surface area contributed by atoms with Gasteiger partial charge in [-0.2, -0.15) is 0 Å². The van der Waals surface area contributed by atoms with Crippen molar-refractivity contribution < 1.29 is 14.3 Å². The number of nitrogens with two attached hydrogens (primary N) is 1. The van der Waals surface area contributed by atoms with E-state index in [9.17, 15) is 9.59 Å². The van der Waals surface area contributed by atoms with E-state index in [1.165, 1.54) is 0 Å². The van der Waals surface area contributed by atoms with E-state index in [4.69, 9.17) is 10.5 Å². The van der Waals surface area contributed by atoms with E-state index in [0.717, 1.165) is 37.1 Å². The Labute approximate surface area is 161 Å². The van der Waals surface area contributed by atoms with Gasteiger partial charge in [0.1, 0.15) is 5.75 Å². The van der Waals surface area contributed by atoms with E-state index in [1.807, 2.05) is 36.1 Å². The molecule has 1 aromatic carbocycles. The molecule has 3 N–H and O–H groups in total. The van der Waals surface area contributed by atoms with Crippen molar-refractivity contribution in [1.82, 2.24) is 10.2 Å². The molecule has 1 heterocycles. The summed E-state index contributed by atoms with van der Waals surface area (Å²) >= 11 is 0.